The molecule has 0 saturated heterocycles. The fourth-order valence-corrected chi connectivity index (χ4v) is 2.83. The molecule has 0 unspecified atom stereocenters. The van der Waals surface area contributed by atoms with E-state index in [0.717, 1.165) is 17.0 Å². The normalized spacial score (nSPS) is 10.8. The number of rotatable bonds is 5. The Morgan fingerprint density at radius 2 is 1.85 bits per heavy atom. The summed E-state index contributed by atoms with van der Waals surface area (Å²) in [6.45, 7) is 0.338. The van der Waals surface area contributed by atoms with Crippen molar-refractivity contribution in [2.75, 3.05) is 7.11 Å². The molecule has 2 aromatic carbocycles. The van der Waals surface area contributed by atoms with Crippen LogP contribution in [0.4, 0.5) is 0 Å². The molecular weight excluding hydrogens is 350 g/mol. The number of methoxy groups -OCH3 is 1. The smallest absolute Gasteiger partial charge is 0.204 e. The molecule has 0 radical (unpaired) electrons. The van der Waals surface area contributed by atoms with Crippen LogP contribution >= 0.6 is 12.2 Å². The van der Waals surface area contributed by atoms with Crippen molar-refractivity contribution in [2.24, 2.45) is 0 Å². The van der Waals surface area contributed by atoms with Gasteiger partial charge in [-0.3, -0.25) is 9.67 Å². The molecule has 0 amide bonds. The van der Waals surface area contributed by atoms with Gasteiger partial charge in [-0.05, 0) is 53.8 Å². The number of nitrogens with zero attached hydrogens (tertiary/aromatic N) is 6. The maximum atomic E-state index is 5.34. The van der Waals surface area contributed by atoms with Crippen LogP contribution in [0.1, 0.15) is 5.82 Å². The van der Waals surface area contributed by atoms with Gasteiger partial charge >= 0.3 is 0 Å². The van der Waals surface area contributed by atoms with E-state index in [9.17, 15) is 0 Å². The van der Waals surface area contributed by atoms with E-state index in [-0.39, 0.29) is 0 Å². The summed E-state index contributed by atoms with van der Waals surface area (Å²) in [5, 5.41) is 19.8. The third kappa shape index (κ3) is 3.11. The quantitative estimate of drug-likeness (QED) is 0.547. The Hall–Kier alpha value is -3.33. The summed E-state index contributed by atoms with van der Waals surface area (Å²) >= 11 is 5.34. The average Bonchev–Trinajstić information content (AvgIpc) is 3.30. The molecule has 1 N–H and O–H groups in total. The highest BCUT2D eigenvalue weighted by atomic mass is 32.1. The fourth-order valence-electron chi connectivity index (χ4n) is 2.57. The highest BCUT2D eigenvalue weighted by Gasteiger charge is 2.12. The molecule has 9 heteroatoms. The second kappa shape index (κ2) is 6.89. The molecule has 2 aromatic heterocycles. The SMILES string of the molecule is COc1ccc(-c2nnn(Cc3n[nH]c(=S)n3-c3ccccc3)n2)cc1. The van der Waals surface area contributed by atoms with Crippen molar-refractivity contribution < 1.29 is 4.74 Å². The number of aromatic amines is 1. The van der Waals surface area contributed by atoms with Gasteiger partial charge in [0.25, 0.3) is 0 Å². The van der Waals surface area contributed by atoms with Crippen molar-refractivity contribution in [1.82, 2.24) is 35.0 Å². The Bertz CT molecular complexity index is 1070. The molecule has 8 nitrogen and oxygen atoms in total. The number of para-hydroxylation sites is 1. The topological polar surface area (TPSA) is 86.4 Å². The maximum Gasteiger partial charge on any atom is 0.204 e. The van der Waals surface area contributed by atoms with Gasteiger partial charge in [-0.2, -0.15) is 9.90 Å². The maximum absolute atomic E-state index is 5.34. The van der Waals surface area contributed by atoms with Crippen LogP contribution in [-0.4, -0.2) is 42.1 Å². The number of hydrogen-bond donors (Lipinski definition) is 1. The van der Waals surface area contributed by atoms with Gasteiger partial charge < -0.3 is 4.74 Å². The van der Waals surface area contributed by atoms with E-state index in [2.05, 4.69) is 25.6 Å². The molecule has 0 aliphatic heterocycles. The Balaban J connectivity index is 1.61. The minimum atomic E-state index is 0.338. The predicted octanol–water partition coefficient (Wildman–Crippen LogP) is 2.64. The zero-order valence-electron chi connectivity index (χ0n) is 13.9. The molecule has 0 aliphatic rings. The summed E-state index contributed by atoms with van der Waals surface area (Å²) < 4.78 is 7.53. The number of H-pyrrole nitrogens is 1. The van der Waals surface area contributed by atoms with Gasteiger partial charge in [0.15, 0.2) is 10.6 Å². The molecule has 26 heavy (non-hydrogen) atoms. The number of tetrazole rings is 1. The number of ether oxygens (including phenoxy) is 1. The van der Waals surface area contributed by atoms with Crippen LogP contribution in [0.3, 0.4) is 0 Å². The van der Waals surface area contributed by atoms with Crippen LogP contribution in [-0.2, 0) is 6.54 Å². The van der Waals surface area contributed by atoms with E-state index in [0.29, 0.717) is 23.0 Å². The summed E-state index contributed by atoms with van der Waals surface area (Å²) in [6.07, 6.45) is 0. The molecule has 4 aromatic rings. The standard InChI is InChI=1S/C17H15N7OS/c1-25-14-9-7-12(8-10-14)16-19-22-23(21-16)11-15-18-20-17(26)24(15)13-5-3-2-4-6-13/h2-10H,11H2,1H3,(H,20,26). The van der Waals surface area contributed by atoms with Gasteiger partial charge in [0.2, 0.25) is 5.82 Å². The van der Waals surface area contributed by atoms with Crippen molar-refractivity contribution in [2.45, 2.75) is 6.54 Å². The van der Waals surface area contributed by atoms with E-state index < -0.39 is 0 Å². The first kappa shape index (κ1) is 16.2. The first-order chi connectivity index (χ1) is 12.7. The van der Waals surface area contributed by atoms with Crippen LogP contribution in [0.5, 0.6) is 5.75 Å². The fraction of sp³-hybridized carbons (Fsp3) is 0.118. The zero-order valence-corrected chi connectivity index (χ0v) is 14.7. The lowest BCUT2D eigenvalue weighted by Gasteiger charge is -2.05. The zero-order chi connectivity index (χ0) is 17.9. The Labute approximate surface area is 154 Å². The highest BCUT2D eigenvalue weighted by molar-refractivity contribution is 7.71. The van der Waals surface area contributed by atoms with Crippen LogP contribution in [0, 0.1) is 4.77 Å². The van der Waals surface area contributed by atoms with Crippen molar-refractivity contribution >= 4 is 12.2 Å². The van der Waals surface area contributed by atoms with Gasteiger partial charge in [-0.15, -0.1) is 10.2 Å². The molecule has 130 valence electrons. The molecule has 0 spiro atoms. The third-order valence-electron chi connectivity index (χ3n) is 3.84. The first-order valence-corrected chi connectivity index (χ1v) is 8.29. The van der Waals surface area contributed by atoms with E-state index in [1.807, 2.05) is 59.2 Å². The monoisotopic (exact) mass is 365 g/mol. The second-order valence-corrected chi connectivity index (χ2v) is 5.87. The number of hydrogen-bond acceptors (Lipinski definition) is 6. The molecule has 4 rings (SSSR count). The highest BCUT2D eigenvalue weighted by Crippen LogP contribution is 2.18. The van der Waals surface area contributed by atoms with Crippen molar-refractivity contribution in [1.29, 1.82) is 0 Å². The van der Waals surface area contributed by atoms with Gasteiger partial charge in [0, 0.05) is 11.3 Å². The number of benzene rings is 2. The first-order valence-electron chi connectivity index (χ1n) is 7.88. The Kier molecular flexibility index (Phi) is 4.28. The van der Waals surface area contributed by atoms with Gasteiger partial charge in [-0.1, -0.05) is 18.2 Å². The summed E-state index contributed by atoms with van der Waals surface area (Å²) in [6, 6.07) is 17.3. The largest absolute Gasteiger partial charge is 0.497 e. The van der Waals surface area contributed by atoms with E-state index >= 15 is 0 Å². The molecule has 2 heterocycles. The minimum absolute atomic E-state index is 0.338. The minimum Gasteiger partial charge on any atom is -0.497 e. The number of aromatic nitrogens is 7. The third-order valence-corrected chi connectivity index (χ3v) is 4.11. The lowest BCUT2D eigenvalue weighted by Crippen LogP contribution is -2.10. The van der Waals surface area contributed by atoms with E-state index in [1.165, 1.54) is 4.80 Å². The predicted molar refractivity (Wildman–Crippen MR) is 97.7 cm³/mol. The van der Waals surface area contributed by atoms with E-state index in [4.69, 9.17) is 17.0 Å². The summed E-state index contributed by atoms with van der Waals surface area (Å²) in [4.78, 5) is 1.49. The molecule has 0 fully saturated rings. The lowest BCUT2D eigenvalue weighted by atomic mass is 10.2. The van der Waals surface area contributed by atoms with Gasteiger partial charge in [0.1, 0.15) is 12.3 Å². The summed E-state index contributed by atoms with van der Waals surface area (Å²) in [7, 11) is 1.63. The lowest BCUT2D eigenvalue weighted by molar-refractivity contribution is 0.415. The summed E-state index contributed by atoms with van der Waals surface area (Å²) in [5.74, 6) is 2.01. The van der Waals surface area contributed by atoms with Crippen molar-refractivity contribution in [3.05, 3.63) is 65.2 Å². The van der Waals surface area contributed by atoms with Crippen LogP contribution in [0.15, 0.2) is 54.6 Å². The van der Waals surface area contributed by atoms with Gasteiger partial charge in [-0.25, -0.2) is 0 Å². The summed E-state index contributed by atoms with van der Waals surface area (Å²) in [5.41, 5.74) is 1.79. The molecule has 0 aliphatic carbocycles. The Morgan fingerprint density at radius 3 is 2.58 bits per heavy atom. The molecule has 0 bridgehead atoms. The second-order valence-electron chi connectivity index (χ2n) is 5.49. The van der Waals surface area contributed by atoms with Crippen LogP contribution in [0.25, 0.3) is 17.1 Å². The van der Waals surface area contributed by atoms with Gasteiger partial charge in [0.05, 0.1) is 7.11 Å². The molecule has 0 saturated carbocycles. The molecular formula is C17H15N7OS. The molecule has 0 atom stereocenters. The van der Waals surface area contributed by atoms with Crippen LogP contribution < -0.4 is 4.74 Å². The Morgan fingerprint density at radius 1 is 1.08 bits per heavy atom. The number of nitrogens with one attached hydrogen (secondary N) is 1. The van der Waals surface area contributed by atoms with Crippen molar-refractivity contribution in [3.63, 3.8) is 0 Å². The van der Waals surface area contributed by atoms with Crippen LogP contribution in [0.2, 0.25) is 0 Å². The van der Waals surface area contributed by atoms with E-state index in [1.54, 1.807) is 7.11 Å². The average molecular weight is 365 g/mol. The van der Waals surface area contributed by atoms with Crippen molar-refractivity contribution in [3.8, 4) is 22.8 Å².